The molecule has 2 aromatic rings. The molecule has 2 aromatic carbocycles. The van der Waals surface area contributed by atoms with Gasteiger partial charge >= 0.3 is 11.7 Å². The normalized spacial score (nSPS) is 10.5. The zero-order valence-corrected chi connectivity index (χ0v) is 15.6. The van der Waals surface area contributed by atoms with Crippen molar-refractivity contribution in [2.45, 2.75) is 11.8 Å². The first-order chi connectivity index (χ1) is 13.3. The van der Waals surface area contributed by atoms with E-state index in [2.05, 4.69) is 6.58 Å². The standard InChI is InChI=1S/C18H14F3NO5S/c1-4-10-13(19)16(14(20)15(21)17(10)28-3)27-12-7-6-9(18(23)26-5-2)8-11(12)22(24)25/h4,6-8H,1,5H2,2-3H3. The highest BCUT2D eigenvalue weighted by molar-refractivity contribution is 7.98. The van der Waals surface area contributed by atoms with Gasteiger partial charge in [-0.3, -0.25) is 10.1 Å². The molecule has 0 saturated carbocycles. The van der Waals surface area contributed by atoms with Crippen molar-refractivity contribution < 1.29 is 32.4 Å². The van der Waals surface area contributed by atoms with Gasteiger partial charge in [0.1, 0.15) is 0 Å². The molecule has 0 radical (unpaired) electrons. The van der Waals surface area contributed by atoms with Gasteiger partial charge in [0.05, 0.1) is 22.0 Å². The van der Waals surface area contributed by atoms with Gasteiger partial charge in [0, 0.05) is 11.6 Å². The van der Waals surface area contributed by atoms with Crippen molar-refractivity contribution in [1.82, 2.24) is 0 Å². The van der Waals surface area contributed by atoms with Crippen LogP contribution in [0.4, 0.5) is 18.9 Å². The van der Waals surface area contributed by atoms with Crippen LogP contribution in [0.2, 0.25) is 0 Å². The molecule has 0 amide bonds. The number of rotatable bonds is 7. The maximum Gasteiger partial charge on any atom is 0.338 e. The van der Waals surface area contributed by atoms with E-state index in [1.54, 1.807) is 6.92 Å². The summed E-state index contributed by atoms with van der Waals surface area (Å²) in [6, 6.07) is 2.93. The summed E-state index contributed by atoms with van der Waals surface area (Å²) in [5, 5.41) is 11.3. The molecule has 10 heteroatoms. The number of hydrogen-bond donors (Lipinski definition) is 0. The van der Waals surface area contributed by atoms with Crippen LogP contribution < -0.4 is 4.74 Å². The molecule has 0 aromatic heterocycles. The van der Waals surface area contributed by atoms with Crippen molar-refractivity contribution in [1.29, 1.82) is 0 Å². The smallest absolute Gasteiger partial charge is 0.338 e. The summed E-state index contributed by atoms with van der Waals surface area (Å²) in [6.45, 7) is 4.96. The quantitative estimate of drug-likeness (QED) is 0.200. The van der Waals surface area contributed by atoms with E-state index in [9.17, 15) is 28.1 Å². The Morgan fingerprint density at radius 2 is 1.96 bits per heavy atom. The molecule has 0 bridgehead atoms. The van der Waals surface area contributed by atoms with Crippen LogP contribution in [0, 0.1) is 27.6 Å². The Morgan fingerprint density at radius 1 is 1.29 bits per heavy atom. The van der Waals surface area contributed by atoms with Gasteiger partial charge in [0.15, 0.2) is 11.6 Å². The van der Waals surface area contributed by atoms with E-state index in [0.717, 1.165) is 36.0 Å². The zero-order valence-electron chi connectivity index (χ0n) is 14.8. The van der Waals surface area contributed by atoms with Crippen molar-refractivity contribution in [3.05, 3.63) is 63.5 Å². The summed E-state index contributed by atoms with van der Waals surface area (Å²) in [5.41, 5.74) is -1.25. The highest BCUT2D eigenvalue weighted by Gasteiger charge is 2.28. The molecular formula is C18H14F3NO5S. The second kappa shape index (κ2) is 8.79. The Labute approximate surface area is 162 Å². The molecule has 0 atom stereocenters. The molecule has 0 aliphatic heterocycles. The van der Waals surface area contributed by atoms with Crippen molar-refractivity contribution in [3.8, 4) is 11.5 Å². The lowest BCUT2D eigenvalue weighted by atomic mass is 10.1. The fraction of sp³-hybridized carbons (Fsp3) is 0.167. The second-order valence-corrected chi connectivity index (χ2v) is 6.00. The predicted molar refractivity (Wildman–Crippen MR) is 97.3 cm³/mol. The van der Waals surface area contributed by atoms with Gasteiger partial charge in [0.2, 0.25) is 17.3 Å². The minimum atomic E-state index is -1.64. The van der Waals surface area contributed by atoms with Crippen LogP contribution in [0.5, 0.6) is 11.5 Å². The summed E-state index contributed by atoms with van der Waals surface area (Å²) in [4.78, 5) is 21.8. The third kappa shape index (κ3) is 3.96. The van der Waals surface area contributed by atoms with Gasteiger partial charge < -0.3 is 9.47 Å². The summed E-state index contributed by atoms with van der Waals surface area (Å²) in [5.74, 6) is -6.83. The SMILES string of the molecule is C=Cc1c(F)c(Oc2ccc(C(=O)OCC)cc2[N+](=O)[O-])c(F)c(F)c1SC. The van der Waals surface area contributed by atoms with Crippen molar-refractivity contribution in [2.24, 2.45) is 0 Å². The molecule has 148 valence electrons. The van der Waals surface area contributed by atoms with E-state index >= 15 is 0 Å². The van der Waals surface area contributed by atoms with Gasteiger partial charge in [-0.05, 0) is 25.3 Å². The number of halogens is 3. The van der Waals surface area contributed by atoms with Crippen molar-refractivity contribution >= 4 is 29.5 Å². The third-order valence-corrected chi connectivity index (χ3v) is 4.37. The van der Waals surface area contributed by atoms with E-state index < -0.39 is 45.5 Å². The average Bonchev–Trinajstić information content (AvgIpc) is 2.67. The molecular weight excluding hydrogens is 399 g/mol. The van der Waals surface area contributed by atoms with E-state index in [1.165, 1.54) is 6.26 Å². The monoisotopic (exact) mass is 413 g/mol. The lowest BCUT2D eigenvalue weighted by Gasteiger charge is -2.14. The summed E-state index contributed by atoms with van der Waals surface area (Å²) >= 11 is 0.766. The highest BCUT2D eigenvalue weighted by atomic mass is 32.2. The number of hydrogen-bond acceptors (Lipinski definition) is 6. The minimum Gasteiger partial charge on any atom is -0.462 e. The molecule has 0 saturated heterocycles. The number of carbonyl (C=O) groups excluding carboxylic acids is 1. The largest absolute Gasteiger partial charge is 0.462 e. The summed E-state index contributed by atoms with van der Waals surface area (Å²) in [7, 11) is 0. The van der Waals surface area contributed by atoms with Crippen LogP contribution in [-0.4, -0.2) is 23.8 Å². The van der Waals surface area contributed by atoms with E-state index in [4.69, 9.17) is 9.47 Å². The molecule has 0 N–H and O–H groups in total. The second-order valence-electron chi connectivity index (χ2n) is 5.18. The van der Waals surface area contributed by atoms with E-state index in [1.807, 2.05) is 0 Å². The number of nitro groups is 1. The molecule has 0 heterocycles. The third-order valence-electron chi connectivity index (χ3n) is 3.56. The molecule has 0 aliphatic carbocycles. The Bertz CT molecular complexity index is 965. The Morgan fingerprint density at radius 3 is 2.50 bits per heavy atom. The van der Waals surface area contributed by atoms with Crippen LogP contribution in [-0.2, 0) is 4.74 Å². The summed E-state index contributed by atoms with van der Waals surface area (Å²) < 4.78 is 52.9. The number of benzene rings is 2. The van der Waals surface area contributed by atoms with Gasteiger partial charge in [-0.1, -0.05) is 12.7 Å². The lowest BCUT2D eigenvalue weighted by molar-refractivity contribution is -0.385. The minimum absolute atomic E-state index is 0.0483. The molecule has 0 aliphatic rings. The Kier molecular flexibility index (Phi) is 6.68. The molecule has 0 fully saturated rings. The highest BCUT2D eigenvalue weighted by Crippen LogP contribution is 2.40. The first-order valence-electron chi connectivity index (χ1n) is 7.77. The maximum atomic E-state index is 14.6. The van der Waals surface area contributed by atoms with E-state index in [-0.39, 0.29) is 22.6 Å². The van der Waals surface area contributed by atoms with Crippen molar-refractivity contribution in [2.75, 3.05) is 12.9 Å². The van der Waals surface area contributed by atoms with Gasteiger partial charge in [-0.2, -0.15) is 4.39 Å². The molecule has 28 heavy (non-hydrogen) atoms. The molecule has 2 rings (SSSR count). The van der Waals surface area contributed by atoms with Crippen LogP contribution in [0.1, 0.15) is 22.8 Å². The van der Waals surface area contributed by atoms with Crippen molar-refractivity contribution in [3.63, 3.8) is 0 Å². The topological polar surface area (TPSA) is 78.7 Å². The number of esters is 1. The first kappa shape index (κ1) is 21.3. The molecule has 0 unspecified atom stereocenters. The van der Waals surface area contributed by atoms with Crippen LogP contribution in [0.15, 0.2) is 29.7 Å². The average molecular weight is 413 g/mol. The van der Waals surface area contributed by atoms with Crippen LogP contribution in [0.3, 0.4) is 0 Å². The molecule has 6 nitrogen and oxygen atoms in total. The fourth-order valence-electron chi connectivity index (χ4n) is 2.31. The summed E-state index contributed by atoms with van der Waals surface area (Å²) in [6.07, 6.45) is 2.40. The van der Waals surface area contributed by atoms with E-state index in [0.29, 0.717) is 0 Å². The number of nitrogens with zero attached hydrogens (tertiary/aromatic N) is 1. The predicted octanol–water partition coefficient (Wildman–Crippen LogP) is 5.35. The number of thioether (sulfide) groups is 1. The van der Waals surface area contributed by atoms with Gasteiger partial charge in [-0.25, -0.2) is 13.6 Å². The van der Waals surface area contributed by atoms with Crippen LogP contribution >= 0.6 is 11.8 Å². The zero-order chi connectivity index (χ0) is 21.0. The van der Waals surface area contributed by atoms with Gasteiger partial charge in [0.25, 0.3) is 0 Å². The Hall–Kier alpha value is -3.01. The van der Waals surface area contributed by atoms with Crippen LogP contribution in [0.25, 0.3) is 6.08 Å². The Balaban J connectivity index is 2.60. The number of carbonyl (C=O) groups is 1. The lowest BCUT2D eigenvalue weighted by Crippen LogP contribution is -2.06. The number of ether oxygens (including phenoxy) is 2. The first-order valence-corrected chi connectivity index (χ1v) is 8.99. The van der Waals surface area contributed by atoms with Gasteiger partial charge in [-0.15, -0.1) is 11.8 Å². The fourth-order valence-corrected chi connectivity index (χ4v) is 2.97. The molecule has 0 spiro atoms. The maximum absolute atomic E-state index is 14.6. The number of nitro benzene ring substituents is 1.